The number of aromatic nitrogens is 8. The van der Waals surface area contributed by atoms with E-state index >= 15 is 0 Å². The van der Waals surface area contributed by atoms with Crippen molar-refractivity contribution >= 4 is 23.8 Å². The number of carbonyl (C=O) groups is 4. The van der Waals surface area contributed by atoms with Crippen molar-refractivity contribution in [2.75, 3.05) is 6.61 Å². The Kier molecular flexibility index (Phi) is 14.9. The summed E-state index contributed by atoms with van der Waals surface area (Å²) in [5, 5.41) is 21.5. The average molecular weight is 975 g/mol. The summed E-state index contributed by atoms with van der Waals surface area (Å²) in [6, 6.07) is -0.961. The monoisotopic (exact) mass is 974 g/mol. The fraction of sp³-hybridized carbons (Fsp3) is 0.250. The highest BCUT2D eigenvalue weighted by Crippen LogP contribution is 2.38. The number of alkyl halides is 12. The van der Waals surface area contributed by atoms with Crippen LogP contribution in [0.2, 0.25) is 0 Å². The number of halogens is 12. The number of rotatable bonds is 11. The maximum absolute atomic E-state index is 13.1. The topological polar surface area (TPSA) is 209 Å². The Morgan fingerprint density at radius 1 is 0.559 bits per heavy atom. The summed E-state index contributed by atoms with van der Waals surface area (Å²) in [6.07, 6.45) is -10.7. The smallest absolute Gasteiger partial charge is 0.416 e. The Balaban J connectivity index is 0.000000255. The van der Waals surface area contributed by atoms with Crippen LogP contribution >= 0.6 is 0 Å². The third-order valence-corrected chi connectivity index (χ3v) is 8.98. The van der Waals surface area contributed by atoms with Crippen molar-refractivity contribution in [2.45, 2.75) is 57.6 Å². The van der Waals surface area contributed by atoms with Crippen molar-refractivity contribution in [1.29, 1.82) is 0 Å². The van der Waals surface area contributed by atoms with Crippen LogP contribution in [0.3, 0.4) is 0 Å². The Labute approximate surface area is 373 Å². The summed E-state index contributed by atoms with van der Waals surface area (Å²) in [5.41, 5.74) is -8.15. The van der Waals surface area contributed by atoms with Gasteiger partial charge in [-0.3, -0.25) is 19.6 Å². The Morgan fingerprint density at radius 3 is 1.22 bits per heavy atom. The molecule has 0 aliphatic rings. The number of hydrogen-bond donors (Lipinski definition) is 3. The molecule has 2 amide bonds. The van der Waals surface area contributed by atoms with Gasteiger partial charge in [0.1, 0.15) is 11.4 Å². The summed E-state index contributed by atoms with van der Waals surface area (Å²) in [4.78, 5) is 64.3. The highest BCUT2D eigenvalue weighted by molar-refractivity contribution is 5.95. The standard InChI is InChI=1S/C21H17F6N5O3.C19H13F6N5O3/c1-3-35-19(34)13-9-30-32(10-13)17-16(28-4-5-29-17)11(2)31-18(33)12-6-14(20(22,23)24)8-15(7-12)21(25,26)27;1-9(14-15(27-3-2-26-14)30-8-11(7-28-30)17(32)33)29-16(31)10-4-12(18(20,21)22)6-13(5-10)19(23,24)25/h4-11H,3H2,1-2H3,(H,31,33);2-9H,1H3,(H,29,31)(H,32,33)/t11-;9-/m11/s1. The summed E-state index contributed by atoms with van der Waals surface area (Å²) >= 11 is 0. The summed E-state index contributed by atoms with van der Waals surface area (Å²) in [5.74, 6) is -4.26. The van der Waals surface area contributed by atoms with Crippen molar-refractivity contribution in [2.24, 2.45) is 0 Å². The quantitative estimate of drug-likeness (QED) is 0.0828. The number of carboxylic acid groups (broad SMARTS) is 1. The zero-order chi connectivity index (χ0) is 50.5. The Bertz CT molecular complexity index is 2760. The van der Waals surface area contributed by atoms with Gasteiger partial charge in [-0.2, -0.15) is 62.9 Å². The normalized spacial score (nSPS) is 12.9. The van der Waals surface area contributed by atoms with Gasteiger partial charge in [-0.25, -0.2) is 28.9 Å². The van der Waals surface area contributed by atoms with Gasteiger partial charge in [0.15, 0.2) is 11.6 Å². The van der Waals surface area contributed by atoms with Crippen LogP contribution in [0.15, 0.2) is 86.0 Å². The van der Waals surface area contributed by atoms with E-state index in [0.717, 1.165) is 17.1 Å². The number of amides is 2. The van der Waals surface area contributed by atoms with Gasteiger partial charge in [0.25, 0.3) is 11.8 Å². The zero-order valence-corrected chi connectivity index (χ0v) is 34.5. The van der Waals surface area contributed by atoms with Crippen LogP contribution in [0.5, 0.6) is 0 Å². The first-order valence-corrected chi connectivity index (χ1v) is 18.9. The van der Waals surface area contributed by atoms with E-state index in [1.165, 1.54) is 55.7 Å². The molecule has 0 saturated heterocycles. The fourth-order valence-electron chi connectivity index (χ4n) is 5.82. The molecule has 6 aromatic rings. The fourth-order valence-corrected chi connectivity index (χ4v) is 5.82. The lowest BCUT2D eigenvalue weighted by Crippen LogP contribution is -2.29. The first-order valence-electron chi connectivity index (χ1n) is 18.9. The van der Waals surface area contributed by atoms with Gasteiger partial charge >= 0.3 is 36.6 Å². The molecule has 6 rings (SSSR count). The molecule has 4 heterocycles. The van der Waals surface area contributed by atoms with E-state index in [-0.39, 0.29) is 52.9 Å². The lowest BCUT2D eigenvalue weighted by Gasteiger charge is -2.18. The number of benzene rings is 2. The number of aromatic carboxylic acids is 1. The first-order chi connectivity index (χ1) is 31.6. The minimum atomic E-state index is -5.11. The van der Waals surface area contributed by atoms with E-state index in [0.29, 0.717) is 24.3 Å². The maximum Gasteiger partial charge on any atom is 0.416 e. The van der Waals surface area contributed by atoms with E-state index in [4.69, 9.17) is 9.84 Å². The molecular weight excluding hydrogens is 944 g/mol. The second kappa shape index (κ2) is 19.9. The van der Waals surface area contributed by atoms with E-state index < -0.39 is 93.9 Å². The molecule has 2 atom stereocenters. The third kappa shape index (κ3) is 12.5. The summed E-state index contributed by atoms with van der Waals surface area (Å²) in [7, 11) is 0. The summed E-state index contributed by atoms with van der Waals surface area (Å²) in [6.45, 7) is 4.52. The molecule has 16 nitrogen and oxygen atoms in total. The molecule has 0 bridgehead atoms. The first kappa shape index (κ1) is 51.1. The molecule has 0 spiro atoms. The molecular formula is C40H30F12N10O6. The van der Waals surface area contributed by atoms with Crippen LogP contribution in [0, 0.1) is 0 Å². The number of carbonyl (C=O) groups excluding carboxylic acids is 3. The van der Waals surface area contributed by atoms with Gasteiger partial charge in [-0.15, -0.1) is 0 Å². The van der Waals surface area contributed by atoms with Crippen LogP contribution in [0.1, 0.15) is 108 Å². The van der Waals surface area contributed by atoms with Crippen LogP contribution < -0.4 is 10.6 Å². The van der Waals surface area contributed by atoms with Gasteiger partial charge in [-0.1, -0.05) is 0 Å². The Hall–Kier alpha value is -7.94. The van der Waals surface area contributed by atoms with Gasteiger partial charge in [0.2, 0.25) is 0 Å². The number of nitrogens with zero attached hydrogens (tertiary/aromatic N) is 8. The number of hydrogen-bond acceptors (Lipinski definition) is 11. The molecule has 28 heteroatoms. The van der Waals surface area contributed by atoms with Crippen LogP contribution in [0.25, 0.3) is 11.6 Å². The molecule has 68 heavy (non-hydrogen) atoms. The molecule has 3 N–H and O–H groups in total. The van der Waals surface area contributed by atoms with Gasteiger partial charge in [-0.05, 0) is 57.2 Å². The summed E-state index contributed by atoms with van der Waals surface area (Å²) < 4.78 is 164. The maximum atomic E-state index is 13.1. The SMILES string of the molecule is CCOC(=O)c1cnn(-c2nccnc2[C@@H](C)NC(=O)c2cc(C(F)(F)F)cc(C(F)(F)F)c2)c1.C[C@@H](NC(=O)c1cc(C(F)(F)F)cc(C(F)(F)F)c1)c1nccnc1-n1cc(C(=O)O)cn1. The van der Waals surface area contributed by atoms with Gasteiger partial charge in [0.05, 0.1) is 64.5 Å². The predicted molar refractivity (Wildman–Crippen MR) is 206 cm³/mol. The van der Waals surface area contributed by atoms with Crippen molar-refractivity contribution in [3.8, 4) is 11.6 Å². The Morgan fingerprint density at radius 2 is 0.897 bits per heavy atom. The highest BCUT2D eigenvalue weighted by atomic mass is 19.4. The molecule has 0 aliphatic heterocycles. The van der Waals surface area contributed by atoms with Crippen LogP contribution in [-0.2, 0) is 29.4 Å². The second-order valence-electron chi connectivity index (χ2n) is 13.9. The molecule has 0 aliphatic carbocycles. The van der Waals surface area contributed by atoms with Crippen LogP contribution in [-0.4, -0.2) is 75.0 Å². The molecule has 0 radical (unpaired) electrons. The minimum Gasteiger partial charge on any atom is -0.478 e. The molecule has 360 valence electrons. The van der Waals surface area contributed by atoms with E-state index in [9.17, 15) is 71.9 Å². The van der Waals surface area contributed by atoms with Crippen LogP contribution in [0.4, 0.5) is 52.7 Å². The minimum absolute atomic E-state index is 0.00202. The van der Waals surface area contributed by atoms with Crippen molar-refractivity contribution in [3.05, 3.63) is 142 Å². The lowest BCUT2D eigenvalue weighted by atomic mass is 10.0. The number of carboxylic acids is 1. The molecule has 0 saturated carbocycles. The molecule has 4 aromatic heterocycles. The predicted octanol–water partition coefficient (Wildman–Crippen LogP) is 8.26. The highest BCUT2D eigenvalue weighted by Gasteiger charge is 2.39. The third-order valence-electron chi connectivity index (χ3n) is 8.98. The number of ether oxygens (including phenoxy) is 1. The molecule has 0 fully saturated rings. The molecule has 2 aromatic carbocycles. The number of nitrogens with one attached hydrogen (secondary N) is 2. The average Bonchev–Trinajstić information content (AvgIpc) is 3.97. The van der Waals surface area contributed by atoms with E-state index in [1.54, 1.807) is 6.92 Å². The van der Waals surface area contributed by atoms with Crippen molar-refractivity contribution in [1.82, 2.24) is 50.1 Å². The van der Waals surface area contributed by atoms with Crippen molar-refractivity contribution < 1.29 is 81.7 Å². The zero-order valence-electron chi connectivity index (χ0n) is 34.5. The van der Waals surface area contributed by atoms with Gasteiger partial charge < -0.3 is 20.5 Å². The largest absolute Gasteiger partial charge is 0.478 e. The number of esters is 1. The van der Waals surface area contributed by atoms with E-state index in [2.05, 4.69) is 40.8 Å². The lowest BCUT2D eigenvalue weighted by molar-refractivity contribution is -0.144. The van der Waals surface area contributed by atoms with Gasteiger partial charge in [0, 0.05) is 48.3 Å². The molecule has 0 unspecified atom stereocenters. The second-order valence-corrected chi connectivity index (χ2v) is 13.9. The van der Waals surface area contributed by atoms with Crippen molar-refractivity contribution in [3.63, 3.8) is 0 Å². The van der Waals surface area contributed by atoms with E-state index in [1.807, 2.05) is 0 Å².